The van der Waals surface area contributed by atoms with Crippen molar-refractivity contribution >= 4 is 17.4 Å². The summed E-state index contributed by atoms with van der Waals surface area (Å²) in [4.78, 5) is 24.8. The summed E-state index contributed by atoms with van der Waals surface area (Å²) in [6, 6.07) is 3.14. The molecule has 3 aromatic heterocycles. The Morgan fingerprint density at radius 1 is 1.29 bits per heavy atom. The molecule has 0 saturated carbocycles. The van der Waals surface area contributed by atoms with Gasteiger partial charge in [-0.2, -0.15) is 18.2 Å². The number of carbonyl (C=O) groups is 1. The van der Waals surface area contributed by atoms with Gasteiger partial charge in [0.25, 0.3) is 5.91 Å². The molecule has 31 heavy (non-hydrogen) atoms. The summed E-state index contributed by atoms with van der Waals surface area (Å²) < 4.78 is 51.2. The van der Waals surface area contributed by atoms with Crippen molar-refractivity contribution in [3.05, 3.63) is 47.7 Å². The molecule has 1 saturated heterocycles. The van der Waals surface area contributed by atoms with E-state index >= 15 is 0 Å². The highest BCUT2D eigenvalue weighted by molar-refractivity contribution is 6.03. The number of imidazole rings is 1. The Kier molecular flexibility index (Phi) is 5.77. The third-order valence-electron chi connectivity index (χ3n) is 4.79. The Hall–Kier alpha value is -3.21. The van der Waals surface area contributed by atoms with Crippen molar-refractivity contribution in [3.8, 4) is 5.88 Å². The second-order valence-electron chi connectivity index (χ2n) is 7.13. The van der Waals surface area contributed by atoms with Crippen molar-refractivity contribution in [1.82, 2.24) is 19.4 Å². The van der Waals surface area contributed by atoms with E-state index in [9.17, 15) is 18.0 Å². The van der Waals surface area contributed by atoms with Gasteiger partial charge in [0.1, 0.15) is 17.1 Å². The number of halogens is 3. The monoisotopic (exact) mass is 435 g/mol. The first kappa shape index (κ1) is 21.0. The first-order valence-electron chi connectivity index (χ1n) is 9.78. The lowest BCUT2D eigenvalue weighted by molar-refractivity contribution is -0.141. The number of ether oxygens (including phenoxy) is 2. The number of nitrogens with zero attached hydrogens (tertiary/aromatic N) is 4. The van der Waals surface area contributed by atoms with E-state index in [0.717, 1.165) is 37.3 Å². The Morgan fingerprint density at radius 3 is 2.84 bits per heavy atom. The van der Waals surface area contributed by atoms with E-state index < -0.39 is 17.8 Å². The minimum Gasteiger partial charge on any atom is -0.476 e. The topological polar surface area (TPSA) is 90.6 Å². The molecule has 0 radical (unpaired) electrons. The van der Waals surface area contributed by atoms with Crippen LogP contribution in [0.5, 0.6) is 5.88 Å². The number of pyridine rings is 1. The minimum atomic E-state index is -4.65. The van der Waals surface area contributed by atoms with Crippen LogP contribution in [-0.4, -0.2) is 45.1 Å². The largest absolute Gasteiger partial charge is 0.476 e. The van der Waals surface area contributed by atoms with Gasteiger partial charge in [0.05, 0.1) is 12.3 Å². The van der Waals surface area contributed by atoms with E-state index in [2.05, 4.69) is 20.3 Å². The van der Waals surface area contributed by atoms with Gasteiger partial charge < -0.3 is 14.8 Å². The van der Waals surface area contributed by atoms with Crippen LogP contribution < -0.4 is 10.1 Å². The molecule has 11 heteroatoms. The Bertz CT molecular complexity index is 1090. The molecule has 0 unspecified atom stereocenters. The van der Waals surface area contributed by atoms with E-state index in [1.165, 1.54) is 6.07 Å². The zero-order chi connectivity index (χ0) is 22.0. The molecule has 4 heterocycles. The quantitative estimate of drug-likeness (QED) is 0.639. The van der Waals surface area contributed by atoms with Crippen molar-refractivity contribution in [1.29, 1.82) is 0 Å². The van der Waals surface area contributed by atoms with Gasteiger partial charge >= 0.3 is 6.18 Å². The van der Waals surface area contributed by atoms with Crippen molar-refractivity contribution in [2.75, 3.05) is 25.1 Å². The highest BCUT2D eigenvalue weighted by Gasteiger charge is 2.33. The standard InChI is InChI=1S/C20H20F3N5O3/c1-2-31-18-15(26-17(29)14-4-3-5-16(25-14)20(21,22)23)10-28-9-13(24-19(28)27-18)8-12-6-7-30-11-12/h3-5,9-10,12H,2,6-8,11H2,1H3,(H,26,29)/t12-/m0/s1. The molecule has 0 aliphatic carbocycles. The molecule has 1 aliphatic rings. The predicted octanol–water partition coefficient (Wildman–Crippen LogP) is 3.37. The van der Waals surface area contributed by atoms with Crippen LogP contribution in [0.1, 0.15) is 35.2 Å². The first-order valence-corrected chi connectivity index (χ1v) is 9.78. The normalized spacial score (nSPS) is 16.6. The molecule has 1 atom stereocenters. The number of nitrogens with one attached hydrogen (secondary N) is 1. The zero-order valence-corrected chi connectivity index (χ0v) is 16.6. The summed E-state index contributed by atoms with van der Waals surface area (Å²) in [5.41, 5.74) is -0.487. The van der Waals surface area contributed by atoms with Crippen LogP contribution in [0.3, 0.4) is 0 Å². The SMILES string of the molecule is CCOc1nc2nc(C[C@@H]3CCOC3)cn2cc1NC(=O)c1cccc(C(F)(F)F)n1. The maximum atomic E-state index is 12.9. The number of alkyl halides is 3. The molecule has 164 valence electrons. The van der Waals surface area contributed by atoms with Gasteiger partial charge in [-0.1, -0.05) is 6.07 Å². The van der Waals surface area contributed by atoms with Crippen LogP contribution in [0.2, 0.25) is 0 Å². The average Bonchev–Trinajstić information content (AvgIpc) is 3.37. The van der Waals surface area contributed by atoms with E-state index in [1.807, 2.05) is 0 Å². The third-order valence-corrected chi connectivity index (χ3v) is 4.79. The molecule has 3 aromatic rings. The number of amides is 1. The van der Waals surface area contributed by atoms with Crippen LogP contribution in [0, 0.1) is 5.92 Å². The zero-order valence-electron chi connectivity index (χ0n) is 16.6. The summed E-state index contributed by atoms with van der Waals surface area (Å²) in [7, 11) is 0. The van der Waals surface area contributed by atoms with E-state index in [-0.39, 0.29) is 23.9 Å². The number of fused-ring (bicyclic) bond motifs is 1. The van der Waals surface area contributed by atoms with Gasteiger partial charge in [-0.05, 0) is 37.8 Å². The number of carbonyl (C=O) groups excluding carboxylic acids is 1. The first-order chi connectivity index (χ1) is 14.8. The van der Waals surface area contributed by atoms with Crippen molar-refractivity contribution < 1.29 is 27.4 Å². The van der Waals surface area contributed by atoms with Gasteiger partial charge in [0.15, 0.2) is 0 Å². The maximum absolute atomic E-state index is 12.9. The van der Waals surface area contributed by atoms with Crippen LogP contribution in [0.4, 0.5) is 18.9 Å². The number of hydrogen-bond acceptors (Lipinski definition) is 6. The molecule has 0 spiro atoms. The lowest BCUT2D eigenvalue weighted by Gasteiger charge is -2.11. The molecule has 4 rings (SSSR count). The lowest BCUT2D eigenvalue weighted by atomic mass is 10.0. The van der Waals surface area contributed by atoms with E-state index in [4.69, 9.17) is 9.47 Å². The number of anilines is 1. The summed E-state index contributed by atoms with van der Waals surface area (Å²) in [5, 5.41) is 2.54. The maximum Gasteiger partial charge on any atom is 0.433 e. The molecule has 1 amide bonds. The van der Waals surface area contributed by atoms with Gasteiger partial charge in [-0.3, -0.25) is 9.20 Å². The number of aromatic nitrogens is 4. The fraction of sp³-hybridized carbons (Fsp3) is 0.400. The molecule has 1 fully saturated rings. The van der Waals surface area contributed by atoms with Gasteiger partial charge in [-0.15, -0.1) is 0 Å². The molecule has 0 aromatic carbocycles. The van der Waals surface area contributed by atoms with Crippen LogP contribution in [0.15, 0.2) is 30.6 Å². The molecular formula is C20H20F3N5O3. The van der Waals surface area contributed by atoms with E-state index in [0.29, 0.717) is 18.3 Å². The van der Waals surface area contributed by atoms with Crippen molar-refractivity contribution in [2.45, 2.75) is 25.9 Å². The number of hydrogen-bond donors (Lipinski definition) is 1. The summed E-state index contributed by atoms with van der Waals surface area (Å²) >= 11 is 0. The van der Waals surface area contributed by atoms with Crippen molar-refractivity contribution in [3.63, 3.8) is 0 Å². The molecule has 8 nitrogen and oxygen atoms in total. The van der Waals surface area contributed by atoms with E-state index in [1.54, 1.807) is 23.7 Å². The molecular weight excluding hydrogens is 415 g/mol. The highest BCUT2D eigenvalue weighted by atomic mass is 19.4. The van der Waals surface area contributed by atoms with Gasteiger partial charge in [0.2, 0.25) is 11.7 Å². The Balaban J connectivity index is 1.61. The summed E-state index contributed by atoms with van der Waals surface area (Å²) in [6.45, 7) is 3.46. The molecule has 1 N–H and O–H groups in total. The van der Waals surface area contributed by atoms with Crippen LogP contribution in [-0.2, 0) is 17.3 Å². The second kappa shape index (κ2) is 8.50. The Morgan fingerprint density at radius 2 is 2.13 bits per heavy atom. The van der Waals surface area contributed by atoms with Crippen LogP contribution >= 0.6 is 0 Å². The summed E-state index contributed by atoms with van der Waals surface area (Å²) in [6.07, 6.45) is 0.430. The second-order valence-corrected chi connectivity index (χ2v) is 7.13. The molecule has 0 bridgehead atoms. The minimum absolute atomic E-state index is 0.122. The predicted molar refractivity (Wildman–Crippen MR) is 104 cm³/mol. The average molecular weight is 435 g/mol. The fourth-order valence-corrected chi connectivity index (χ4v) is 3.33. The number of rotatable bonds is 6. The third kappa shape index (κ3) is 4.76. The van der Waals surface area contributed by atoms with Gasteiger partial charge in [-0.25, -0.2) is 9.97 Å². The van der Waals surface area contributed by atoms with Crippen molar-refractivity contribution in [2.24, 2.45) is 5.92 Å². The molecule has 1 aliphatic heterocycles. The van der Waals surface area contributed by atoms with Crippen LogP contribution in [0.25, 0.3) is 5.78 Å². The summed E-state index contributed by atoms with van der Waals surface area (Å²) in [5.74, 6) is 0.100. The Labute approximate surface area is 175 Å². The lowest BCUT2D eigenvalue weighted by Crippen LogP contribution is -2.18. The van der Waals surface area contributed by atoms with Gasteiger partial charge in [0, 0.05) is 25.6 Å². The fourth-order valence-electron chi connectivity index (χ4n) is 3.33. The highest BCUT2D eigenvalue weighted by Crippen LogP contribution is 2.28. The smallest absolute Gasteiger partial charge is 0.433 e.